The summed E-state index contributed by atoms with van der Waals surface area (Å²) in [5.74, 6) is -0.504. The van der Waals surface area contributed by atoms with Crippen molar-refractivity contribution in [2.45, 2.75) is 45.2 Å². The molecule has 1 unspecified atom stereocenters. The van der Waals surface area contributed by atoms with Crippen LogP contribution in [0.5, 0.6) is 5.88 Å². The van der Waals surface area contributed by atoms with Gasteiger partial charge < -0.3 is 20.1 Å². The minimum atomic E-state index is -4.21. The summed E-state index contributed by atoms with van der Waals surface area (Å²) in [6.45, 7) is 5.03. The van der Waals surface area contributed by atoms with Crippen LogP contribution in [-0.4, -0.2) is 56.5 Å². The Labute approximate surface area is 167 Å². The van der Waals surface area contributed by atoms with Gasteiger partial charge in [-0.1, -0.05) is 13.8 Å². The van der Waals surface area contributed by atoms with E-state index in [1.54, 1.807) is 6.92 Å². The van der Waals surface area contributed by atoms with Gasteiger partial charge in [0.15, 0.2) is 23.1 Å². The predicted octanol–water partition coefficient (Wildman–Crippen LogP) is 2.22. The lowest BCUT2D eigenvalue weighted by Crippen LogP contribution is -2.34. The molecule has 0 saturated carbocycles. The molecule has 11 nitrogen and oxygen atoms in total. The second kappa shape index (κ2) is 8.11. The largest absolute Gasteiger partial charge is 0.476 e. The zero-order valence-corrected chi connectivity index (χ0v) is 17.5. The van der Waals surface area contributed by atoms with Crippen LogP contribution in [0.2, 0.25) is 0 Å². The number of nitrogen functional groups attached to an aromatic ring is 1. The smallest absolute Gasteiger partial charge is 0.472 e. The Kier molecular flexibility index (Phi) is 6.11. The maximum atomic E-state index is 15.6. The van der Waals surface area contributed by atoms with E-state index in [4.69, 9.17) is 19.7 Å². The molecule has 0 bridgehead atoms. The summed E-state index contributed by atoms with van der Waals surface area (Å²) in [5, 5.41) is 0. The molecule has 0 radical (unpaired) electrons. The Morgan fingerprint density at radius 2 is 2.21 bits per heavy atom. The first-order valence-corrected chi connectivity index (χ1v) is 10.6. The second-order valence-electron chi connectivity index (χ2n) is 6.97. The van der Waals surface area contributed by atoms with Crippen molar-refractivity contribution in [1.29, 1.82) is 0 Å². The van der Waals surface area contributed by atoms with Crippen molar-refractivity contribution in [2.75, 3.05) is 26.1 Å². The zero-order chi connectivity index (χ0) is 21.4. The van der Waals surface area contributed by atoms with Gasteiger partial charge in [-0.05, 0) is 13.3 Å². The lowest BCUT2D eigenvalue weighted by molar-refractivity contribution is -0.0563. The molecule has 3 rings (SSSR count). The molecule has 29 heavy (non-hydrogen) atoms. The van der Waals surface area contributed by atoms with E-state index >= 15 is 4.39 Å². The minimum Gasteiger partial charge on any atom is -0.476 e. The van der Waals surface area contributed by atoms with E-state index in [1.807, 2.05) is 6.92 Å². The molecule has 2 aromatic heterocycles. The van der Waals surface area contributed by atoms with Crippen LogP contribution in [0.1, 0.15) is 33.4 Å². The summed E-state index contributed by atoms with van der Waals surface area (Å²) >= 11 is 0. The van der Waals surface area contributed by atoms with Crippen molar-refractivity contribution in [1.82, 2.24) is 19.5 Å². The van der Waals surface area contributed by atoms with Crippen LogP contribution in [0.15, 0.2) is 6.33 Å². The number of halogens is 1. The number of ether oxygens (including phenoxy) is 2. The van der Waals surface area contributed by atoms with Gasteiger partial charge >= 0.3 is 7.82 Å². The van der Waals surface area contributed by atoms with E-state index in [0.29, 0.717) is 12.1 Å². The van der Waals surface area contributed by atoms with Gasteiger partial charge in [0.1, 0.15) is 0 Å². The third-order valence-electron chi connectivity index (χ3n) is 4.97. The standard InChI is InChI=1S/C16H25FN5O6P/c1-5-6-26-13-11-12(20-15(18)21-13)22(8-19-11)14-16(3,17)9(2)10(28-14)7-27-29(23,24)25-4/h8-10,14H,5-7H2,1-4H3,(H,23,24)(H2,18,20,21)/t9-,10-,14-,16-/m1/s1. The Hall–Kier alpha value is -1.85. The van der Waals surface area contributed by atoms with Gasteiger partial charge in [0.05, 0.1) is 25.6 Å². The molecule has 2 aromatic rings. The molecule has 5 atom stereocenters. The summed E-state index contributed by atoms with van der Waals surface area (Å²) < 4.78 is 49.2. The molecule has 0 aromatic carbocycles. The van der Waals surface area contributed by atoms with Crippen molar-refractivity contribution in [3.63, 3.8) is 0 Å². The normalized spacial score (nSPS) is 29.2. The summed E-state index contributed by atoms with van der Waals surface area (Å²) in [4.78, 5) is 21.9. The molecular weight excluding hydrogens is 408 g/mol. The Bertz CT molecular complexity index is 925. The molecule has 1 saturated heterocycles. The number of imidazole rings is 1. The van der Waals surface area contributed by atoms with E-state index in [2.05, 4.69) is 19.5 Å². The van der Waals surface area contributed by atoms with Crippen molar-refractivity contribution in [2.24, 2.45) is 5.92 Å². The fourth-order valence-corrected chi connectivity index (χ4v) is 3.56. The lowest BCUT2D eigenvalue weighted by Gasteiger charge is -2.25. The third-order valence-corrected chi connectivity index (χ3v) is 5.91. The van der Waals surface area contributed by atoms with Gasteiger partial charge in [0.2, 0.25) is 11.8 Å². The van der Waals surface area contributed by atoms with Gasteiger partial charge in [-0.15, -0.1) is 0 Å². The molecule has 0 amide bonds. The van der Waals surface area contributed by atoms with Crippen LogP contribution in [0, 0.1) is 5.92 Å². The van der Waals surface area contributed by atoms with Crippen LogP contribution < -0.4 is 10.5 Å². The van der Waals surface area contributed by atoms with Crippen LogP contribution >= 0.6 is 7.82 Å². The van der Waals surface area contributed by atoms with E-state index in [0.717, 1.165) is 13.5 Å². The van der Waals surface area contributed by atoms with E-state index in [9.17, 15) is 9.46 Å². The Morgan fingerprint density at radius 3 is 2.86 bits per heavy atom. The van der Waals surface area contributed by atoms with Crippen molar-refractivity contribution < 1.29 is 32.4 Å². The summed E-state index contributed by atoms with van der Waals surface area (Å²) in [5.41, 5.74) is 4.52. The molecule has 13 heteroatoms. The predicted molar refractivity (Wildman–Crippen MR) is 101 cm³/mol. The highest BCUT2D eigenvalue weighted by molar-refractivity contribution is 7.47. The highest BCUT2D eigenvalue weighted by Gasteiger charge is 2.54. The molecule has 1 fully saturated rings. The lowest BCUT2D eigenvalue weighted by atomic mass is 9.90. The Balaban J connectivity index is 1.92. The number of phosphoric ester groups is 1. The first-order valence-electron chi connectivity index (χ1n) is 9.11. The number of nitrogens with zero attached hydrogens (tertiary/aromatic N) is 4. The third kappa shape index (κ3) is 4.22. The minimum absolute atomic E-state index is 0.0434. The monoisotopic (exact) mass is 433 g/mol. The van der Waals surface area contributed by atoms with Gasteiger partial charge in [-0.2, -0.15) is 9.97 Å². The second-order valence-corrected chi connectivity index (χ2v) is 8.53. The number of hydrogen-bond acceptors (Lipinski definition) is 9. The molecule has 0 spiro atoms. The van der Waals surface area contributed by atoms with Gasteiger partial charge in [0, 0.05) is 13.0 Å². The van der Waals surface area contributed by atoms with Gasteiger partial charge in [-0.25, -0.2) is 13.9 Å². The molecule has 3 heterocycles. The first kappa shape index (κ1) is 21.8. The van der Waals surface area contributed by atoms with E-state index in [-0.39, 0.29) is 24.1 Å². The van der Waals surface area contributed by atoms with Crippen LogP contribution in [0.25, 0.3) is 11.2 Å². The molecule has 0 aliphatic carbocycles. The van der Waals surface area contributed by atoms with Gasteiger partial charge in [0.25, 0.3) is 0 Å². The van der Waals surface area contributed by atoms with Crippen LogP contribution in [0.4, 0.5) is 10.3 Å². The summed E-state index contributed by atoms with van der Waals surface area (Å²) in [6, 6.07) is 0. The van der Waals surface area contributed by atoms with Crippen LogP contribution in [-0.2, 0) is 18.3 Å². The van der Waals surface area contributed by atoms with Crippen molar-refractivity contribution >= 4 is 24.9 Å². The van der Waals surface area contributed by atoms with E-state index < -0.39 is 31.7 Å². The van der Waals surface area contributed by atoms with Crippen molar-refractivity contribution in [3.05, 3.63) is 6.33 Å². The SMILES string of the molecule is CCCOc1nc(N)nc2c1ncn2[C@@H]1O[C@H](COP(=O)(O)OC)[C@@H](C)[C@@]1(C)F. The Morgan fingerprint density at radius 1 is 1.48 bits per heavy atom. The average Bonchev–Trinajstić information content (AvgIpc) is 3.17. The number of aromatic nitrogens is 4. The molecule has 162 valence electrons. The highest BCUT2D eigenvalue weighted by Crippen LogP contribution is 2.49. The maximum absolute atomic E-state index is 15.6. The number of hydrogen-bond donors (Lipinski definition) is 2. The molecule has 1 aliphatic rings. The molecule has 3 N–H and O–H groups in total. The number of fused-ring (bicyclic) bond motifs is 1. The fourth-order valence-electron chi connectivity index (χ4n) is 3.12. The zero-order valence-electron chi connectivity index (χ0n) is 16.6. The molecule has 1 aliphatic heterocycles. The van der Waals surface area contributed by atoms with Gasteiger partial charge in [-0.3, -0.25) is 13.6 Å². The fraction of sp³-hybridized carbons (Fsp3) is 0.688. The quantitative estimate of drug-likeness (QED) is 0.595. The summed E-state index contributed by atoms with van der Waals surface area (Å²) in [7, 11) is -3.17. The number of rotatable bonds is 8. The number of anilines is 1. The first-order chi connectivity index (χ1) is 13.6. The number of phosphoric acid groups is 1. The highest BCUT2D eigenvalue weighted by atomic mass is 31.2. The number of nitrogens with two attached hydrogens (primary N) is 1. The average molecular weight is 433 g/mol. The van der Waals surface area contributed by atoms with Crippen LogP contribution in [0.3, 0.4) is 0 Å². The summed E-state index contributed by atoms with van der Waals surface area (Å²) in [6.07, 6.45) is 0.209. The maximum Gasteiger partial charge on any atom is 0.472 e. The molecular formula is C16H25FN5O6P. The topological polar surface area (TPSA) is 144 Å². The van der Waals surface area contributed by atoms with Crippen molar-refractivity contribution in [3.8, 4) is 5.88 Å². The number of alkyl halides is 1. The van der Waals surface area contributed by atoms with E-state index in [1.165, 1.54) is 17.8 Å².